The van der Waals surface area contributed by atoms with E-state index in [9.17, 15) is 0 Å². The third kappa shape index (κ3) is 1.86. The highest BCUT2D eigenvalue weighted by molar-refractivity contribution is 5.75. The topological polar surface area (TPSA) is 79.6 Å². The lowest BCUT2D eigenvalue weighted by Gasteiger charge is -2.39. The fraction of sp³-hybridized carbons (Fsp3) is 0.900. The van der Waals surface area contributed by atoms with Crippen molar-refractivity contribution in [2.75, 3.05) is 6.54 Å². The van der Waals surface area contributed by atoms with E-state index in [2.05, 4.69) is 28.9 Å². The fourth-order valence-electron chi connectivity index (χ4n) is 2.28. The van der Waals surface area contributed by atoms with Gasteiger partial charge in [0.15, 0.2) is 5.90 Å². The van der Waals surface area contributed by atoms with Crippen LogP contribution in [0.1, 0.15) is 20.8 Å². The molecule has 0 aromatic rings. The molecule has 88 valence electrons. The van der Waals surface area contributed by atoms with Crippen molar-refractivity contribution in [3.05, 3.63) is 10.4 Å². The number of hydrogen-bond donors (Lipinski definition) is 0. The zero-order valence-electron chi connectivity index (χ0n) is 9.70. The Kier molecular flexibility index (Phi) is 3.03. The largest absolute Gasteiger partial charge is 0.450 e. The molecule has 5 atom stereocenters. The van der Waals surface area contributed by atoms with Gasteiger partial charge in [-0.1, -0.05) is 19.0 Å². The molecule has 1 fully saturated rings. The Hall–Kier alpha value is -1.26. The molecule has 2 aliphatic rings. The number of ether oxygens (including phenoxy) is 2. The standard InChI is InChI=1S/C10H16N4O2/c1-5-6(2)9-10(15-7(3)13-9)16-8(5)4-12-14-11/h5-6,8-10H,4H2,1-3H3. The van der Waals surface area contributed by atoms with Crippen LogP contribution < -0.4 is 0 Å². The Morgan fingerprint density at radius 3 is 2.88 bits per heavy atom. The van der Waals surface area contributed by atoms with Gasteiger partial charge >= 0.3 is 0 Å². The first kappa shape index (κ1) is 11.2. The average molecular weight is 224 g/mol. The molecule has 0 spiro atoms. The van der Waals surface area contributed by atoms with E-state index in [4.69, 9.17) is 15.0 Å². The van der Waals surface area contributed by atoms with Gasteiger partial charge in [-0.05, 0) is 17.4 Å². The van der Waals surface area contributed by atoms with E-state index in [-0.39, 0.29) is 18.4 Å². The second-order valence-electron chi connectivity index (χ2n) is 4.43. The van der Waals surface area contributed by atoms with Crippen LogP contribution >= 0.6 is 0 Å². The Labute approximate surface area is 94.3 Å². The normalized spacial score (nSPS) is 41.7. The number of hydrogen-bond acceptors (Lipinski definition) is 4. The molecule has 0 radical (unpaired) electrons. The third-order valence-corrected chi connectivity index (χ3v) is 3.48. The summed E-state index contributed by atoms with van der Waals surface area (Å²) in [6.07, 6.45) is -0.377. The van der Waals surface area contributed by atoms with Crippen molar-refractivity contribution >= 4 is 5.90 Å². The summed E-state index contributed by atoms with van der Waals surface area (Å²) in [4.78, 5) is 7.19. The summed E-state index contributed by atoms with van der Waals surface area (Å²) in [6, 6.07) is 0.0808. The van der Waals surface area contributed by atoms with Crippen molar-refractivity contribution in [3.63, 3.8) is 0 Å². The lowest BCUT2D eigenvalue weighted by molar-refractivity contribution is -0.182. The molecule has 2 aliphatic heterocycles. The van der Waals surface area contributed by atoms with E-state index < -0.39 is 0 Å². The average Bonchev–Trinajstić information content (AvgIpc) is 2.62. The van der Waals surface area contributed by atoms with Gasteiger partial charge in [-0.15, -0.1) is 0 Å². The van der Waals surface area contributed by atoms with Crippen molar-refractivity contribution in [2.24, 2.45) is 21.9 Å². The minimum Gasteiger partial charge on any atom is -0.450 e. The molecule has 0 aliphatic carbocycles. The van der Waals surface area contributed by atoms with Gasteiger partial charge < -0.3 is 9.47 Å². The molecular weight excluding hydrogens is 208 g/mol. The van der Waals surface area contributed by atoms with Crippen molar-refractivity contribution in [3.8, 4) is 0 Å². The van der Waals surface area contributed by atoms with Crippen molar-refractivity contribution < 1.29 is 9.47 Å². The minimum absolute atomic E-state index is 0.0757. The number of rotatable bonds is 2. The van der Waals surface area contributed by atoms with Crippen molar-refractivity contribution in [1.82, 2.24) is 0 Å². The van der Waals surface area contributed by atoms with Crippen LogP contribution in [0.3, 0.4) is 0 Å². The zero-order valence-corrected chi connectivity index (χ0v) is 9.70. The lowest BCUT2D eigenvalue weighted by atomic mass is 9.82. The van der Waals surface area contributed by atoms with Crippen LogP contribution in [0.4, 0.5) is 0 Å². The summed E-state index contributed by atoms with van der Waals surface area (Å²) in [5, 5.41) is 3.58. The fourth-order valence-corrected chi connectivity index (χ4v) is 2.28. The van der Waals surface area contributed by atoms with Gasteiger partial charge in [0, 0.05) is 11.8 Å². The first-order chi connectivity index (χ1) is 7.63. The van der Waals surface area contributed by atoms with E-state index in [1.165, 1.54) is 0 Å². The summed E-state index contributed by atoms with van der Waals surface area (Å²) >= 11 is 0. The van der Waals surface area contributed by atoms with Crippen LogP contribution in [0.2, 0.25) is 0 Å². The molecule has 0 aromatic carbocycles. The van der Waals surface area contributed by atoms with Crippen LogP contribution in [0.15, 0.2) is 10.1 Å². The summed E-state index contributed by atoms with van der Waals surface area (Å²) in [7, 11) is 0. The van der Waals surface area contributed by atoms with Gasteiger partial charge in [0.05, 0.1) is 12.6 Å². The summed E-state index contributed by atoms with van der Waals surface area (Å²) in [5.74, 6) is 1.36. The first-order valence-corrected chi connectivity index (χ1v) is 5.51. The number of fused-ring (bicyclic) bond motifs is 1. The van der Waals surface area contributed by atoms with Crippen LogP contribution in [0, 0.1) is 11.8 Å². The zero-order chi connectivity index (χ0) is 11.7. The van der Waals surface area contributed by atoms with Gasteiger partial charge in [0.2, 0.25) is 6.29 Å². The van der Waals surface area contributed by atoms with Crippen LogP contribution in [-0.2, 0) is 9.47 Å². The molecule has 16 heavy (non-hydrogen) atoms. The maximum Gasteiger partial charge on any atom is 0.224 e. The molecule has 0 aromatic heterocycles. The van der Waals surface area contributed by atoms with Crippen LogP contribution in [0.25, 0.3) is 10.4 Å². The third-order valence-electron chi connectivity index (χ3n) is 3.48. The maximum absolute atomic E-state index is 8.33. The monoisotopic (exact) mass is 224 g/mol. The highest BCUT2D eigenvalue weighted by Gasteiger charge is 2.45. The molecular formula is C10H16N4O2. The minimum atomic E-state index is -0.301. The summed E-state index contributed by atoms with van der Waals surface area (Å²) in [6.45, 7) is 6.43. The molecule has 0 bridgehead atoms. The maximum atomic E-state index is 8.33. The number of azide groups is 1. The Morgan fingerprint density at radius 2 is 2.19 bits per heavy atom. The predicted octanol–water partition coefficient (Wildman–Crippen LogP) is 2.11. The predicted molar refractivity (Wildman–Crippen MR) is 59.0 cm³/mol. The molecule has 0 amide bonds. The Morgan fingerprint density at radius 1 is 1.44 bits per heavy atom. The van der Waals surface area contributed by atoms with E-state index in [1.807, 2.05) is 6.92 Å². The van der Waals surface area contributed by atoms with E-state index in [0.717, 1.165) is 0 Å². The molecule has 0 N–H and O–H groups in total. The highest BCUT2D eigenvalue weighted by atomic mass is 16.7. The van der Waals surface area contributed by atoms with E-state index in [0.29, 0.717) is 24.3 Å². The SMILES string of the molecule is CC1=NC2C(O1)OC(CN=[N+]=[N-])C(C)C2C. The molecule has 2 rings (SSSR count). The molecule has 2 heterocycles. The molecule has 1 saturated heterocycles. The Bertz CT molecular complexity index is 351. The first-order valence-electron chi connectivity index (χ1n) is 5.51. The van der Waals surface area contributed by atoms with Gasteiger partial charge in [-0.2, -0.15) is 0 Å². The smallest absolute Gasteiger partial charge is 0.224 e. The number of nitrogens with zero attached hydrogens (tertiary/aromatic N) is 4. The number of aliphatic imine (C=N–C) groups is 1. The van der Waals surface area contributed by atoms with Crippen molar-refractivity contribution in [1.29, 1.82) is 0 Å². The molecule has 5 unspecified atom stereocenters. The van der Waals surface area contributed by atoms with Gasteiger partial charge in [0.1, 0.15) is 6.04 Å². The second kappa shape index (κ2) is 4.31. The summed E-state index contributed by atoms with van der Waals surface area (Å²) in [5.41, 5.74) is 8.33. The highest BCUT2D eigenvalue weighted by Crippen LogP contribution is 2.36. The molecule has 0 saturated carbocycles. The van der Waals surface area contributed by atoms with E-state index in [1.54, 1.807) is 0 Å². The molecule has 6 heteroatoms. The van der Waals surface area contributed by atoms with Crippen LogP contribution in [0.5, 0.6) is 0 Å². The quantitative estimate of drug-likeness (QED) is 0.409. The second-order valence-corrected chi connectivity index (χ2v) is 4.43. The van der Waals surface area contributed by atoms with Crippen LogP contribution in [-0.4, -0.2) is 30.9 Å². The summed E-state index contributed by atoms with van der Waals surface area (Å²) < 4.78 is 11.3. The van der Waals surface area contributed by atoms with Gasteiger partial charge in [0.25, 0.3) is 0 Å². The molecule has 6 nitrogen and oxygen atoms in total. The lowest BCUT2D eigenvalue weighted by Crippen LogP contribution is -2.48. The Balaban J connectivity index is 2.10. The van der Waals surface area contributed by atoms with Gasteiger partial charge in [-0.25, -0.2) is 4.99 Å². The van der Waals surface area contributed by atoms with E-state index >= 15 is 0 Å². The van der Waals surface area contributed by atoms with Gasteiger partial charge in [-0.3, -0.25) is 0 Å². The van der Waals surface area contributed by atoms with Crippen molar-refractivity contribution in [2.45, 2.75) is 39.2 Å².